The number of nitrogens with zero attached hydrogens (tertiary/aromatic N) is 3. The number of oxime groups is 1. The molecule has 26 heavy (non-hydrogen) atoms. The smallest absolute Gasteiger partial charge is 0.144 e. The van der Waals surface area contributed by atoms with Gasteiger partial charge in [0.05, 0.1) is 6.21 Å². The number of para-hydroxylation sites is 1. The van der Waals surface area contributed by atoms with Crippen molar-refractivity contribution in [1.82, 2.24) is 4.90 Å². The van der Waals surface area contributed by atoms with E-state index in [-0.39, 0.29) is 6.61 Å². The lowest BCUT2D eigenvalue weighted by molar-refractivity contribution is 0.0187. The van der Waals surface area contributed by atoms with E-state index in [2.05, 4.69) is 39.2 Å². The summed E-state index contributed by atoms with van der Waals surface area (Å²) in [6.07, 6.45) is 1.14. The molecule has 0 aromatic heterocycles. The van der Waals surface area contributed by atoms with Gasteiger partial charge in [0.1, 0.15) is 12.7 Å². The van der Waals surface area contributed by atoms with Crippen LogP contribution >= 0.6 is 0 Å². The van der Waals surface area contributed by atoms with Gasteiger partial charge in [-0.15, -0.1) is 0 Å². The number of aryl methyl sites for hydroxylation is 1. The van der Waals surface area contributed by atoms with Gasteiger partial charge in [-0.05, 0) is 24.6 Å². The number of hydrogen-bond acceptors (Lipinski definition) is 5. The van der Waals surface area contributed by atoms with Crippen molar-refractivity contribution in [2.75, 3.05) is 44.2 Å². The lowest BCUT2D eigenvalue weighted by Crippen LogP contribution is -2.49. The fourth-order valence-corrected chi connectivity index (χ4v) is 3.06. The van der Waals surface area contributed by atoms with Gasteiger partial charge in [-0.1, -0.05) is 53.2 Å². The van der Waals surface area contributed by atoms with Crippen LogP contribution in [0.2, 0.25) is 0 Å². The highest BCUT2D eigenvalue weighted by molar-refractivity contribution is 5.79. The second kappa shape index (κ2) is 9.36. The summed E-state index contributed by atoms with van der Waals surface area (Å²) in [5.74, 6) is 0. The fraction of sp³-hybridized carbons (Fsp3) is 0.381. The van der Waals surface area contributed by atoms with Gasteiger partial charge in [0.25, 0.3) is 0 Å². The molecule has 1 unspecified atom stereocenters. The lowest BCUT2D eigenvalue weighted by Gasteiger charge is -2.36. The molecule has 1 aliphatic heterocycles. The third-order valence-electron chi connectivity index (χ3n) is 4.58. The van der Waals surface area contributed by atoms with Crippen molar-refractivity contribution in [2.24, 2.45) is 5.16 Å². The molecule has 1 aliphatic rings. The van der Waals surface area contributed by atoms with E-state index < -0.39 is 6.10 Å². The Labute approximate surface area is 155 Å². The Morgan fingerprint density at radius 1 is 1.04 bits per heavy atom. The summed E-state index contributed by atoms with van der Waals surface area (Å²) in [7, 11) is 0. The third kappa shape index (κ3) is 5.58. The molecular weight excluding hydrogens is 326 g/mol. The summed E-state index contributed by atoms with van der Waals surface area (Å²) in [5, 5.41) is 14.1. The highest BCUT2D eigenvalue weighted by atomic mass is 16.6. The first kappa shape index (κ1) is 18.4. The summed E-state index contributed by atoms with van der Waals surface area (Å²) in [5.41, 5.74) is 3.47. The van der Waals surface area contributed by atoms with Crippen molar-refractivity contribution in [2.45, 2.75) is 13.0 Å². The molecule has 1 atom stereocenters. The topological polar surface area (TPSA) is 48.3 Å². The van der Waals surface area contributed by atoms with E-state index in [1.165, 1.54) is 11.3 Å². The summed E-state index contributed by atoms with van der Waals surface area (Å²) >= 11 is 0. The number of β-amino-alcohol motifs (C(OH)–C–C–N with tert-alkyl or cyclic N) is 1. The second-order valence-electron chi connectivity index (χ2n) is 6.72. The molecule has 5 nitrogen and oxygen atoms in total. The second-order valence-corrected chi connectivity index (χ2v) is 6.72. The van der Waals surface area contributed by atoms with Gasteiger partial charge < -0.3 is 14.8 Å². The molecule has 0 spiro atoms. The molecule has 5 heteroatoms. The zero-order valence-electron chi connectivity index (χ0n) is 15.3. The predicted molar refractivity (Wildman–Crippen MR) is 106 cm³/mol. The van der Waals surface area contributed by atoms with Crippen LogP contribution in [0.25, 0.3) is 0 Å². The van der Waals surface area contributed by atoms with Gasteiger partial charge in [-0.2, -0.15) is 0 Å². The van der Waals surface area contributed by atoms with E-state index in [0.29, 0.717) is 6.54 Å². The predicted octanol–water partition coefficient (Wildman–Crippen LogP) is 2.53. The zero-order valence-corrected chi connectivity index (χ0v) is 15.3. The number of aliphatic hydroxyl groups excluding tert-OH is 1. The highest BCUT2D eigenvalue weighted by Gasteiger charge is 2.19. The van der Waals surface area contributed by atoms with Crippen LogP contribution in [0.1, 0.15) is 11.1 Å². The number of anilines is 1. The first-order chi connectivity index (χ1) is 12.7. The average molecular weight is 353 g/mol. The SMILES string of the molecule is Cc1ccc(C=NOCC(O)CN2CCN(c3ccccc3)CC2)cc1. The summed E-state index contributed by atoms with van der Waals surface area (Å²) in [4.78, 5) is 9.90. The monoisotopic (exact) mass is 353 g/mol. The summed E-state index contributed by atoms with van der Waals surface area (Å²) < 4.78 is 0. The Hall–Kier alpha value is -2.37. The highest BCUT2D eigenvalue weighted by Crippen LogP contribution is 2.15. The van der Waals surface area contributed by atoms with E-state index in [0.717, 1.165) is 31.7 Å². The fourth-order valence-electron chi connectivity index (χ4n) is 3.06. The van der Waals surface area contributed by atoms with Crippen molar-refractivity contribution in [3.8, 4) is 0 Å². The van der Waals surface area contributed by atoms with Crippen molar-refractivity contribution in [3.63, 3.8) is 0 Å². The van der Waals surface area contributed by atoms with Crippen LogP contribution in [0.4, 0.5) is 5.69 Å². The standard InChI is InChI=1S/C21H27N3O2/c1-18-7-9-19(10-8-18)15-22-26-17-21(25)16-23-11-13-24(14-12-23)20-5-3-2-4-6-20/h2-10,15,21,25H,11-14,16-17H2,1H3. The Bertz CT molecular complexity index is 680. The molecule has 138 valence electrons. The molecule has 0 aliphatic carbocycles. The molecule has 2 aromatic carbocycles. The van der Waals surface area contributed by atoms with Crippen LogP contribution in [-0.2, 0) is 4.84 Å². The van der Waals surface area contributed by atoms with Gasteiger partial charge in [-0.3, -0.25) is 4.90 Å². The first-order valence-electron chi connectivity index (χ1n) is 9.13. The summed E-state index contributed by atoms with van der Waals surface area (Å²) in [6, 6.07) is 18.5. The molecule has 0 saturated carbocycles. The van der Waals surface area contributed by atoms with E-state index in [1.807, 2.05) is 37.3 Å². The summed E-state index contributed by atoms with van der Waals surface area (Å²) in [6.45, 7) is 6.71. The zero-order chi connectivity index (χ0) is 18.2. The molecular formula is C21H27N3O2. The number of rotatable bonds is 7. The minimum absolute atomic E-state index is 0.210. The van der Waals surface area contributed by atoms with Crippen LogP contribution in [0.5, 0.6) is 0 Å². The minimum Gasteiger partial charge on any atom is -0.393 e. The van der Waals surface area contributed by atoms with Gasteiger partial charge in [0, 0.05) is 38.4 Å². The number of aliphatic hydroxyl groups is 1. The molecule has 2 aromatic rings. The van der Waals surface area contributed by atoms with Crippen molar-refractivity contribution >= 4 is 11.9 Å². The molecule has 0 radical (unpaired) electrons. The molecule has 1 heterocycles. The average Bonchev–Trinajstić information content (AvgIpc) is 2.68. The maximum atomic E-state index is 10.2. The maximum absolute atomic E-state index is 10.2. The van der Waals surface area contributed by atoms with Gasteiger partial charge >= 0.3 is 0 Å². The Morgan fingerprint density at radius 3 is 2.42 bits per heavy atom. The third-order valence-corrected chi connectivity index (χ3v) is 4.58. The normalized spacial score (nSPS) is 16.8. The minimum atomic E-state index is -0.534. The molecule has 3 rings (SSSR count). The molecule has 1 fully saturated rings. The molecule has 0 amide bonds. The van der Waals surface area contributed by atoms with Crippen molar-refractivity contribution in [1.29, 1.82) is 0 Å². The largest absolute Gasteiger partial charge is 0.393 e. The van der Waals surface area contributed by atoms with Gasteiger partial charge in [-0.25, -0.2) is 0 Å². The van der Waals surface area contributed by atoms with Gasteiger partial charge in [0.2, 0.25) is 0 Å². The van der Waals surface area contributed by atoms with Crippen molar-refractivity contribution in [3.05, 3.63) is 65.7 Å². The molecule has 0 bridgehead atoms. The number of piperazine rings is 1. The Balaban J connectivity index is 1.35. The quantitative estimate of drug-likeness (QED) is 0.614. The Morgan fingerprint density at radius 2 is 1.73 bits per heavy atom. The van der Waals surface area contributed by atoms with Crippen LogP contribution in [0, 0.1) is 6.92 Å². The number of benzene rings is 2. The lowest BCUT2D eigenvalue weighted by atomic mass is 10.2. The van der Waals surface area contributed by atoms with E-state index in [4.69, 9.17) is 4.84 Å². The van der Waals surface area contributed by atoms with E-state index in [1.54, 1.807) is 6.21 Å². The number of hydrogen-bond donors (Lipinski definition) is 1. The van der Waals surface area contributed by atoms with Gasteiger partial charge in [0.15, 0.2) is 0 Å². The van der Waals surface area contributed by atoms with Crippen LogP contribution in [0.15, 0.2) is 59.8 Å². The van der Waals surface area contributed by atoms with E-state index in [9.17, 15) is 5.11 Å². The van der Waals surface area contributed by atoms with Crippen LogP contribution in [0.3, 0.4) is 0 Å². The molecule has 1 saturated heterocycles. The first-order valence-corrected chi connectivity index (χ1v) is 9.13. The Kier molecular flexibility index (Phi) is 6.63. The van der Waals surface area contributed by atoms with Crippen molar-refractivity contribution < 1.29 is 9.94 Å². The maximum Gasteiger partial charge on any atom is 0.144 e. The van der Waals surface area contributed by atoms with E-state index >= 15 is 0 Å². The van der Waals surface area contributed by atoms with Crippen LogP contribution < -0.4 is 4.90 Å². The molecule has 1 N–H and O–H groups in total. The van der Waals surface area contributed by atoms with Crippen LogP contribution in [-0.4, -0.2) is 61.7 Å².